The molecule has 0 aliphatic heterocycles. The number of hydrogen-bond donors (Lipinski definition) is 1. The Kier molecular flexibility index (Phi) is 7.05. The molecule has 0 aliphatic rings. The summed E-state index contributed by atoms with van der Waals surface area (Å²) < 4.78 is 21.5. The highest BCUT2D eigenvalue weighted by Gasteiger charge is 2.12. The van der Waals surface area contributed by atoms with E-state index in [0.29, 0.717) is 34.1 Å². The van der Waals surface area contributed by atoms with E-state index in [4.69, 9.17) is 18.9 Å². The summed E-state index contributed by atoms with van der Waals surface area (Å²) in [6.45, 7) is 3.84. The summed E-state index contributed by atoms with van der Waals surface area (Å²) in [5.41, 5.74) is 3.56. The number of nitrogens with zero attached hydrogens (tertiary/aromatic N) is 1. The van der Waals surface area contributed by atoms with Crippen LogP contribution in [0.4, 0.5) is 0 Å². The zero-order valence-electron chi connectivity index (χ0n) is 16.1. The average Bonchev–Trinajstić information content (AvgIpc) is 2.67. The molecule has 7 heteroatoms. The Bertz CT molecular complexity index is 818. The Morgan fingerprint density at radius 2 is 1.74 bits per heavy atom. The van der Waals surface area contributed by atoms with Gasteiger partial charge in [-0.25, -0.2) is 5.43 Å². The highest BCUT2D eigenvalue weighted by molar-refractivity contribution is 5.95. The molecule has 0 atom stereocenters. The van der Waals surface area contributed by atoms with Crippen molar-refractivity contribution >= 4 is 12.1 Å². The number of para-hydroxylation sites is 1. The van der Waals surface area contributed by atoms with E-state index in [1.807, 2.05) is 19.9 Å². The van der Waals surface area contributed by atoms with Crippen molar-refractivity contribution in [2.24, 2.45) is 5.10 Å². The van der Waals surface area contributed by atoms with Gasteiger partial charge in [0.1, 0.15) is 0 Å². The molecule has 2 aromatic rings. The van der Waals surface area contributed by atoms with Gasteiger partial charge in [0.2, 0.25) is 0 Å². The third kappa shape index (κ3) is 5.13. The fraction of sp³-hybridized carbons (Fsp3) is 0.300. The average molecular weight is 372 g/mol. The summed E-state index contributed by atoms with van der Waals surface area (Å²) in [5, 5.41) is 4.00. The minimum Gasteiger partial charge on any atom is -0.493 e. The first-order valence-electron chi connectivity index (χ1n) is 8.39. The number of hydrazone groups is 1. The van der Waals surface area contributed by atoms with E-state index in [1.165, 1.54) is 13.3 Å². The van der Waals surface area contributed by atoms with Crippen molar-refractivity contribution < 1.29 is 23.7 Å². The Labute approximate surface area is 158 Å². The van der Waals surface area contributed by atoms with Gasteiger partial charge < -0.3 is 18.9 Å². The van der Waals surface area contributed by atoms with Gasteiger partial charge in [-0.2, -0.15) is 5.10 Å². The number of carbonyl (C=O) groups excluding carboxylic acids is 1. The third-order valence-corrected chi connectivity index (χ3v) is 3.59. The predicted octanol–water partition coefficient (Wildman–Crippen LogP) is 3.26. The Morgan fingerprint density at radius 3 is 2.37 bits per heavy atom. The van der Waals surface area contributed by atoms with Gasteiger partial charge in [0.15, 0.2) is 23.0 Å². The van der Waals surface area contributed by atoms with Gasteiger partial charge in [-0.05, 0) is 44.2 Å². The van der Waals surface area contributed by atoms with E-state index in [1.54, 1.807) is 44.6 Å². The van der Waals surface area contributed by atoms with Gasteiger partial charge in [0, 0.05) is 11.1 Å². The maximum Gasteiger partial charge on any atom is 0.271 e. The van der Waals surface area contributed by atoms with Gasteiger partial charge in [-0.1, -0.05) is 6.07 Å². The number of rotatable bonds is 8. The summed E-state index contributed by atoms with van der Waals surface area (Å²) >= 11 is 0. The SMILES string of the molecule is COc1cc(C(=O)N/N=C/c2cccc(OC)c2OC)ccc1OC(C)C. The van der Waals surface area contributed by atoms with E-state index < -0.39 is 0 Å². The number of nitrogens with one attached hydrogen (secondary N) is 1. The summed E-state index contributed by atoms with van der Waals surface area (Å²) in [5.74, 6) is 1.80. The fourth-order valence-corrected chi connectivity index (χ4v) is 2.40. The van der Waals surface area contributed by atoms with Crippen LogP contribution in [0.15, 0.2) is 41.5 Å². The molecule has 0 unspecified atom stereocenters. The van der Waals surface area contributed by atoms with Gasteiger partial charge >= 0.3 is 0 Å². The Balaban J connectivity index is 2.13. The zero-order valence-corrected chi connectivity index (χ0v) is 16.1. The minimum absolute atomic E-state index is 0.000945. The van der Waals surface area contributed by atoms with E-state index >= 15 is 0 Å². The summed E-state index contributed by atoms with van der Waals surface area (Å²) in [4.78, 5) is 12.3. The van der Waals surface area contributed by atoms with E-state index in [0.717, 1.165) is 0 Å². The predicted molar refractivity (Wildman–Crippen MR) is 103 cm³/mol. The molecule has 27 heavy (non-hydrogen) atoms. The minimum atomic E-state index is -0.373. The lowest BCUT2D eigenvalue weighted by Crippen LogP contribution is -2.18. The topological polar surface area (TPSA) is 78.4 Å². The van der Waals surface area contributed by atoms with E-state index in [9.17, 15) is 4.79 Å². The second-order valence-corrected chi connectivity index (χ2v) is 5.81. The smallest absolute Gasteiger partial charge is 0.271 e. The molecule has 0 heterocycles. The largest absolute Gasteiger partial charge is 0.493 e. The van der Waals surface area contributed by atoms with Crippen LogP contribution in [-0.2, 0) is 0 Å². The molecule has 7 nitrogen and oxygen atoms in total. The standard InChI is InChI=1S/C20H24N2O5/c1-13(2)27-16-10-9-14(11-18(16)25-4)20(23)22-21-12-15-7-6-8-17(24-3)19(15)26-5/h6-13H,1-5H3,(H,22,23)/b21-12+. The van der Waals surface area contributed by atoms with Gasteiger partial charge in [0.25, 0.3) is 5.91 Å². The molecule has 1 N–H and O–H groups in total. The van der Waals surface area contributed by atoms with Gasteiger partial charge in [-0.3, -0.25) is 4.79 Å². The second kappa shape index (κ2) is 9.47. The van der Waals surface area contributed by atoms with Crippen LogP contribution in [0.25, 0.3) is 0 Å². The first kappa shape index (κ1) is 20.1. The van der Waals surface area contributed by atoms with Crippen molar-refractivity contribution in [1.29, 1.82) is 0 Å². The molecular formula is C20H24N2O5. The lowest BCUT2D eigenvalue weighted by atomic mass is 10.2. The Hall–Kier alpha value is -3.22. The summed E-state index contributed by atoms with van der Waals surface area (Å²) in [6.07, 6.45) is 1.49. The van der Waals surface area contributed by atoms with Crippen molar-refractivity contribution in [3.05, 3.63) is 47.5 Å². The van der Waals surface area contributed by atoms with E-state index in [2.05, 4.69) is 10.5 Å². The highest BCUT2D eigenvalue weighted by atomic mass is 16.5. The van der Waals surface area contributed by atoms with Gasteiger partial charge in [-0.15, -0.1) is 0 Å². The number of ether oxygens (including phenoxy) is 4. The molecule has 2 aromatic carbocycles. The molecule has 144 valence electrons. The number of benzene rings is 2. The molecule has 0 radical (unpaired) electrons. The lowest BCUT2D eigenvalue weighted by Gasteiger charge is -2.14. The number of methoxy groups -OCH3 is 3. The highest BCUT2D eigenvalue weighted by Crippen LogP contribution is 2.30. The third-order valence-electron chi connectivity index (χ3n) is 3.59. The maximum atomic E-state index is 12.3. The molecule has 0 saturated carbocycles. The second-order valence-electron chi connectivity index (χ2n) is 5.81. The Morgan fingerprint density at radius 1 is 1.00 bits per heavy atom. The van der Waals surface area contributed by atoms with Crippen molar-refractivity contribution in [2.75, 3.05) is 21.3 Å². The quantitative estimate of drug-likeness (QED) is 0.568. The molecule has 0 spiro atoms. The summed E-state index contributed by atoms with van der Waals surface area (Å²) in [7, 11) is 4.62. The molecule has 0 aliphatic carbocycles. The van der Waals surface area contributed by atoms with Crippen molar-refractivity contribution in [2.45, 2.75) is 20.0 Å². The molecule has 1 amide bonds. The molecule has 0 bridgehead atoms. The summed E-state index contributed by atoms with van der Waals surface area (Å²) in [6, 6.07) is 10.3. The first-order chi connectivity index (χ1) is 13.0. The number of amides is 1. The van der Waals surface area contributed by atoms with Crippen molar-refractivity contribution in [1.82, 2.24) is 5.43 Å². The lowest BCUT2D eigenvalue weighted by molar-refractivity contribution is 0.0954. The van der Waals surface area contributed by atoms with Crippen molar-refractivity contribution in [3.8, 4) is 23.0 Å². The van der Waals surface area contributed by atoms with Crippen LogP contribution < -0.4 is 24.4 Å². The molecule has 0 fully saturated rings. The van der Waals surface area contributed by atoms with E-state index in [-0.39, 0.29) is 12.0 Å². The normalized spacial score (nSPS) is 10.7. The first-order valence-corrected chi connectivity index (χ1v) is 8.39. The van der Waals surface area contributed by atoms with Crippen LogP contribution in [0.2, 0.25) is 0 Å². The number of hydrogen-bond acceptors (Lipinski definition) is 6. The fourth-order valence-electron chi connectivity index (χ4n) is 2.40. The molecular weight excluding hydrogens is 348 g/mol. The maximum absolute atomic E-state index is 12.3. The van der Waals surface area contributed by atoms with Crippen LogP contribution in [-0.4, -0.2) is 39.6 Å². The van der Waals surface area contributed by atoms with Crippen LogP contribution >= 0.6 is 0 Å². The van der Waals surface area contributed by atoms with Crippen LogP contribution in [0.3, 0.4) is 0 Å². The van der Waals surface area contributed by atoms with Gasteiger partial charge in [0.05, 0.1) is 33.6 Å². The van der Waals surface area contributed by atoms with Crippen molar-refractivity contribution in [3.63, 3.8) is 0 Å². The molecule has 2 rings (SSSR count). The van der Waals surface area contributed by atoms with Crippen LogP contribution in [0, 0.1) is 0 Å². The monoisotopic (exact) mass is 372 g/mol. The molecule has 0 aromatic heterocycles. The number of carbonyl (C=O) groups is 1. The van der Waals surface area contributed by atoms with Crippen LogP contribution in [0.5, 0.6) is 23.0 Å². The van der Waals surface area contributed by atoms with Crippen LogP contribution in [0.1, 0.15) is 29.8 Å². The zero-order chi connectivity index (χ0) is 19.8. The molecule has 0 saturated heterocycles.